The van der Waals surface area contributed by atoms with Crippen LogP contribution in [0.5, 0.6) is 0 Å². The van der Waals surface area contributed by atoms with Crippen molar-refractivity contribution in [3.8, 4) is 17.1 Å². The Hall–Kier alpha value is -2.65. The molecule has 0 fully saturated rings. The predicted molar refractivity (Wildman–Crippen MR) is 146 cm³/mol. The zero-order chi connectivity index (χ0) is 24.1. The van der Waals surface area contributed by atoms with Gasteiger partial charge in [-0.15, -0.1) is 0 Å². The zero-order valence-corrected chi connectivity index (χ0v) is 22.8. The first-order valence-electron chi connectivity index (χ1n) is 12.3. The van der Waals surface area contributed by atoms with Gasteiger partial charge in [-0.3, -0.25) is 0 Å². The summed E-state index contributed by atoms with van der Waals surface area (Å²) in [5.74, 6) is 2.13. The molecule has 1 heterocycles. The Kier molecular flexibility index (Phi) is 6.13. The van der Waals surface area contributed by atoms with E-state index in [0.29, 0.717) is 11.8 Å². The SMILES string of the molecule is Cc1ccccc1-c1n(-c2c(C(C)C)cccc2C(C)C)c2cc([Si](C)(C)C)ccc2[n+]1C. The molecule has 3 aromatic carbocycles. The first-order valence-corrected chi connectivity index (χ1v) is 15.8. The number of hydrogen-bond acceptors (Lipinski definition) is 0. The van der Waals surface area contributed by atoms with E-state index in [9.17, 15) is 0 Å². The third-order valence-corrected chi connectivity index (χ3v) is 8.97. The lowest BCUT2D eigenvalue weighted by Gasteiger charge is -2.19. The van der Waals surface area contributed by atoms with Crippen LogP contribution >= 0.6 is 0 Å². The number of imidazole rings is 1. The summed E-state index contributed by atoms with van der Waals surface area (Å²) in [5, 5.41) is 1.50. The lowest BCUT2D eigenvalue weighted by atomic mass is 9.92. The molecule has 0 spiro atoms. The summed E-state index contributed by atoms with van der Waals surface area (Å²) in [6.07, 6.45) is 0. The normalized spacial score (nSPS) is 12.3. The molecule has 3 heteroatoms. The van der Waals surface area contributed by atoms with Gasteiger partial charge in [-0.1, -0.05) is 95.0 Å². The molecule has 0 N–H and O–H groups in total. The van der Waals surface area contributed by atoms with Gasteiger partial charge in [0.25, 0.3) is 5.82 Å². The molecular formula is C30H39N2Si+. The number of aryl methyl sites for hydroxylation is 2. The van der Waals surface area contributed by atoms with E-state index in [1.807, 2.05) is 0 Å². The number of nitrogens with zero attached hydrogens (tertiary/aromatic N) is 2. The van der Waals surface area contributed by atoms with Gasteiger partial charge in [0.1, 0.15) is 5.69 Å². The van der Waals surface area contributed by atoms with Crippen LogP contribution < -0.4 is 9.75 Å². The van der Waals surface area contributed by atoms with Crippen molar-refractivity contribution in [1.82, 2.24) is 4.57 Å². The molecule has 0 atom stereocenters. The standard InChI is InChI=1S/C30H39N2Si/c1-20(2)24-15-12-16-25(21(3)4)29(24)32-28-19-23(33(7,8)9)17-18-27(28)31(6)30(32)26-14-11-10-13-22(26)5/h10-21H,1-9H3/q+1. The van der Waals surface area contributed by atoms with Crippen molar-refractivity contribution < 1.29 is 4.57 Å². The molecule has 0 unspecified atom stereocenters. The first-order chi connectivity index (χ1) is 15.5. The summed E-state index contributed by atoms with van der Waals surface area (Å²) < 4.78 is 4.97. The van der Waals surface area contributed by atoms with Crippen molar-refractivity contribution in [2.45, 2.75) is 66.1 Å². The van der Waals surface area contributed by atoms with Crippen molar-refractivity contribution in [2.75, 3.05) is 0 Å². The highest BCUT2D eigenvalue weighted by Crippen LogP contribution is 2.37. The zero-order valence-electron chi connectivity index (χ0n) is 21.8. The van der Waals surface area contributed by atoms with Crippen LogP contribution in [0.2, 0.25) is 19.6 Å². The van der Waals surface area contributed by atoms with E-state index in [2.05, 4.69) is 131 Å². The summed E-state index contributed by atoms with van der Waals surface area (Å²) in [5.41, 5.74) is 9.36. The maximum atomic E-state index is 2.58. The maximum Gasteiger partial charge on any atom is 0.295 e. The second-order valence-electron chi connectivity index (χ2n) is 11.1. The van der Waals surface area contributed by atoms with Gasteiger partial charge in [-0.05, 0) is 42.5 Å². The van der Waals surface area contributed by atoms with Crippen LogP contribution in [-0.4, -0.2) is 12.6 Å². The van der Waals surface area contributed by atoms with Crippen molar-refractivity contribution >= 4 is 24.3 Å². The Balaban J connectivity index is 2.25. The average Bonchev–Trinajstić information content (AvgIpc) is 3.04. The number of benzene rings is 3. The molecule has 0 aliphatic heterocycles. The smallest absolute Gasteiger partial charge is 0.225 e. The van der Waals surface area contributed by atoms with Gasteiger partial charge in [0.15, 0.2) is 11.0 Å². The lowest BCUT2D eigenvalue weighted by molar-refractivity contribution is -0.633. The summed E-state index contributed by atoms with van der Waals surface area (Å²) in [7, 11) is 0.758. The minimum atomic E-state index is -1.47. The van der Waals surface area contributed by atoms with Crippen LogP contribution in [0.4, 0.5) is 0 Å². The van der Waals surface area contributed by atoms with E-state index in [0.717, 1.165) is 0 Å². The number of rotatable bonds is 5. The topological polar surface area (TPSA) is 8.81 Å². The predicted octanol–water partition coefficient (Wildman–Crippen LogP) is 7.22. The van der Waals surface area contributed by atoms with Crippen LogP contribution in [-0.2, 0) is 7.05 Å². The van der Waals surface area contributed by atoms with E-state index >= 15 is 0 Å². The Morgan fingerprint density at radius 3 is 1.94 bits per heavy atom. The molecule has 33 heavy (non-hydrogen) atoms. The molecule has 0 amide bonds. The van der Waals surface area contributed by atoms with E-state index < -0.39 is 8.07 Å². The third kappa shape index (κ3) is 4.08. The van der Waals surface area contributed by atoms with E-state index in [1.54, 1.807) is 0 Å². The largest absolute Gasteiger partial charge is 0.295 e. The maximum absolute atomic E-state index is 2.58. The highest BCUT2D eigenvalue weighted by atomic mass is 28.3. The van der Waals surface area contributed by atoms with Crippen molar-refractivity contribution in [3.05, 3.63) is 77.4 Å². The summed E-state index contributed by atoms with van der Waals surface area (Å²) in [4.78, 5) is 0. The number of hydrogen-bond donors (Lipinski definition) is 0. The minimum absolute atomic E-state index is 0.436. The van der Waals surface area contributed by atoms with Gasteiger partial charge in [0.2, 0.25) is 0 Å². The van der Waals surface area contributed by atoms with Crippen LogP contribution in [0.1, 0.15) is 56.2 Å². The summed E-state index contributed by atoms with van der Waals surface area (Å²) in [6.45, 7) is 18.8. The van der Waals surface area contributed by atoms with E-state index in [4.69, 9.17) is 0 Å². The van der Waals surface area contributed by atoms with Gasteiger partial charge in [-0.2, -0.15) is 4.57 Å². The van der Waals surface area contributed by atoms with Crippen LogP contribution in [0, 0.1) is 6.92 Å². The van der Waals surface area contributed by atoms with Gasteiger partial charge < -0.3 is 0 Å². The minimum Gasteiger partial charge on any atom is -0.225 e. The van der Waals surface area contributed by atoms with Crippen molar-refractivity contribution in [1.29, 1.82) is 0 Å². The molecule has 0 saturated carbocycles. The molecule has 0 aliphatic carbocycles. The molecule has 1 aromatic heterocycles. The highest BCUT2D eigenvalue weighted by Gasteiger charge is 2.32. The van der Waals surface area contributed by atoms with Crippen molar-refractivity contribution in [3.63, 3.8) is 0 Å². The monoisotopic (exact) mass is 455 g/mol. The summed E-state index contributed by atoms with van der Waals surface area (Å²) >= 11 is 0. The number of aromatic nitrogens is 2. The molecular weight excluding hydrogens is 416 g/mol. The molecule has 172 valence electrons. The average molecular weight is 456 g/mol. The molecule has 4 aromatic rings. The molecule has 0 saturated heterocycles. The number of fused-ring (bicyclic) bond motifs is 1. The van der Waals surface area contributed by atoms with Crippen molar-refractivity contribution in [2.24, 2.45) is 7.05 Å². The summed E-state index contributed by atoms with van der Waals surface area (Å²) in [6, 6.07) is 22.8. The Morgan fingerprint density at radius 2 is 1.39 bits per heavy atom. The van der Waals surface area contributed by atoms with Crippen LogP contribution in [0.15, 0.2) is 60.7 Å². The third-order valence-electron chi connectivity index (χ3n) is 6.93. The fourth-order valence-electron chi connectivity index (χ4n) is 4.95. The van der Waals surface area contributed by atoms with Gasteiger partial charge in [-0.25, -0.2) is 4.57 Å². The molecule has 0 bridgehead atoms. The quantitative estimate of drug-likeness (QED) is 0.222. The molecule has 4 rings (SSSR count). The fraction of sp³-hybridized carbons (Fsp3) is 0.367. The second-order valence-corrected chi connectivity index (χ2v) is 16.2. The number of para-hydroxylation sites is 1. The highest BCUT2D eigenvalue weighted by molar-refractivity contribution is 6.88. The Morgan fingerprint density at radius 1 is 0.788 bits per heavy atom. The van der Waals surface area contributed by atoms with E-state index in [-0.39, 0.29) is 0 Å². The van der Waals surface area contributed by atoms with Gasteiger partial charge in [0, 0.05) is 11.1 Å². The fourth-order valence-corrected chi connectivity index (χ4v) is 6.11. The lowest BCUT2D eigenvalue weighted by Crippen LogP contribution is -2.37. The first kappa shape index (κ1) is 23.5. The van der Waals surface area contributed by atoms with Gasteiger partial charge >= 0.3 is 0 Å². The van der Waals surface area contributed by atoms with Crippen LogP contribution in [0.3, 0.4) is 0 Å². The van der Waals surface area contributed by atoms with E-state index in [1.165, 1.54) is 50.0 Å². The van der Waals surface area contributed by atoms with Crippen LogP contribution in [0.25, 0.3) is 28.1 Å². The second kappa shape index (κ2) is 8.61. The Bertz CT molecular complexity index is 1290. The van der Waals surface area contributed by atoms with Gasteiger partial charge in [0.05, 0.1) is 20.7 Å². The molecule has 0 aliphatic rings. The Labute approximate surface area is 200 Å². The molecule has 2 nitrogen and oxygen atoms in total. The molecule has 0 radical (unpaired) electrons.